The highest BCUT2D eigenvalue weighted by molar-refractivity contribution is 5.75. The van der Waals surface area contributed by atoms with Gasteiger partial charge in [0.05, 0.1) is 23.6 Å². The molecule has 0 radical (unpaired) electrons. The Labute approximate surface area is 124 Å². The van der Waals surface area contributed by atoms with E-state index in [9.17, 15) is 5.26 Å². The van der Waals surface area contributed by atoms with Gasteiger partial charge in [-0.2, -0.15) is 5.26 Å². The first-order valence-electron chi connectivity index (χ1n) is 7.83. The predicted octanol–water partition coefficient (Wildman–Crippen LogP) is 2.77. The van der Waals surface area contributed by atoms with E-state index in [1.54, 1.807) is 0 Å². The molecule has 2 aliphatic carbocycles. The van der Waals surface area contributed by atoms with Crippen LogP contribution in [-0.2, 0) is 6.54 Å². The Morgan fingerprint density at radius 3 is 2.76 bits per heavy atom. The molecule has 0 saturated heterocycles. The number of hydrogen-bond donors (Lipinski definition) is 1. The molecule has 1 aromatic carbocycles. The highest BCUT2D eigenvalue weighted by Gasteiger charge is 2.48. The number of fused-ring (bicyclic) bond motifs is 1. The lowest BCUT2D eigenvalue weighted by Gasteiger charge is -2.29. The van der Waals surface area contributed by atoms with Crippen LogP contribution in [0, 0.1) is 24.2 Å². The Balaban J connectivity index is 1.74. The number of rotatable bonds is 5. The number of para-hydroxylation sites is 2. The predicted molar refractivity (Wildman–Crippen MR) is 81.7 cm³/mol. The molecule has 0 aliphatic heterocycles. The first-order valence-corrected chi connectivity index (χ1v) is 7.83. The largest absolute Gasteiger partial charge is 0.325 e. The maximum absolute atomic E-state index is 9.88. The van der Waals surface area contributed by atoms with Crippen molar-refractivity contribution in [1.82, 2.24) is 14.9 Å². The Morgan fingerprint density at radius 1 is 1.33 bits per heavy atom. The van der Waals surface area contributed by atoms with E-state index in [1.807, 2.05) is 25.1 Å². The van der Waals surface area contributed by atoms with Crippen molar-refractivity contribution in [3.05, 3.63) is 30.1 Å². The van der Waals surface area contributed by atoms with Gasteiger partial charge in [-0.3, -0.25) is 5.32 Å². The molecule has 1 N–H and O–H groups in total. The van der Waals surface area contributed by atoms with E-state index in [1.165, 1.54) is 25.7 Å². The molecule has 2 aliphatic rings. The van der Waals surface area contributed by atoms with Crippen LogP contribution in [0.2, 0.25) is 0 Å². The van der Waals surface area contributed by atoms with Gasteiger partial charge in [0.1, 0.15) is 11.4 Å². The number of hydrogen-bond acceptors (Lipinski definition) is 3. The minimum absolute atomic E-state index is 0.421. The van der Waals surface area contributed by atoms with E-state index < -0.39 is 5.54 Å². The van der Waals surface area contributed by atoms with Crippen LogP contribution in [0.25, 0.3) is 11.0 Å². The van der Waals surface area contributed by atoms with Crippen molar-refractivity contribution in [2.75, 3.05) is 0 Å². The van der Waals surface area contributed by atoms with Crippen molar-refractivity contribution >= 4 is 11.0 Å². The standard InChI is InChI=1S/C17H20N4/c1-12-19-15-4-2-3-5-16(15)21(12)11-17(10-18,13-6-7-13)20-14-8-9-14/h2-5,13-14,20H,6-9,11H2,1H3. The van der Waals surface area contributed by atoms with Crippen LogP contribution in [0.4, 0.5) is 0 Å². The van der Waals surface area contributed by atoms with E-state index in [0.29, 0.717) is 18.5 Å². The van der Waals surface area contributed by atoms with E-state index in [4.69, 9.17) is 0 Å². The third kappa shape index (κ3) is 2.22. The Morgan fingerprint density at radius 2 is 2.10 bits per heavy atom. The van der Waals surface area contributed by atoms with Crippen molar-refractivity contribution in [3.63, 3.8) is 0 Å². The molecular formula is C17H20N4. The first kappa shape index (κ1) is 12.8. The van der Waals surface area contributed by atoms with Crippen molar-refractivity contribution in [3.8, 4) is 6.07 Å². The summed E-state index contributed by atoms with van der Waals surface area (Å²) < 4.78 is 2.21. The maximum Gasteiger partial charge on any atom is 0.127 e. The zero-order valence-electron chi connectivity index (χ0n) is 12.3. The topological polar surface area (TPSA) is 53.6 Å². The highest BCUT2D eigenvalue weighted by atomic mass is 15.2. The van der Waals surface area contributed by atoms with Gasteiger partial charge in [-0.1, -0.05) is 12.1 Å². The summed E-state index contributed by atoms with van der Waals surface area (Å²) in [6.45, 7) is 2.74. The zero-order chi connectivity index (χ0) is 14.4. The molecule has 0 amide bonds. The third-order valence-electron chi connectivity index (χ3n) is 4.77. The molecule has 108 valence electrons. The van der Waals surface area contributed by atoms with Crippen molar-refractivity contribution < 1.29 is 0 Å². The van der Waals surface area contributed by atoms with Gasteiger partial charge in [0.15, 0.2) is 0 Å². The van der Waals surface area contributed by atoms with Gasteiger partial charge in [0.2, 0.25) is 0 Å². The monoisotopic (exact) mass is 280 g/mol. The van der Waals surface area contributed by atoms with Crippen LogP contribution in [0.15, 0.2) is 24.3 Å². The second-order valence-corrected chi connectivity index (χ2v) is 6.51. The van der Waals surface area contributed by atoms with Crippen molar-refractivity contribution in [2.24, 2.45) is 5.92 Å². The maximum atomic E-state index is 9.88. The fraction of sp³-hybridized carbons (Fsp3) is 0.529. The summed E-state index contributed by atoms with van der Waals surface area (Å²) in [5, 5.41) is 13.5. The fourth-order valence-electron chi connectivity index (χ4n) is 3.26. The Kier molecular flexibility index (Phi) is 2.80. The van der Waals surface area contributed by atoms with E-state index >= 15 is 0 Å². The SMILES string of the molecule is Cc1nc2ccccc2n1CC(C#N)(NC1CC1)C1CC1. The molecular weight excluding hydrogens is 260 g/mol. The van der Waals surface area contributed by atoms with Crippen molar-refractivity contribution in [2.45, 2.75) is 50.7 Å². The molecule has 0 spiro atoms. The quantitative estimate of drug-likeness (QED) is 0.916. The lowest BCUT2D eigenvalue weighted by molar-refractivity contribution is 0.315. The molecule has 1 aromatic heterocycles. The van der Waals surface area contributed by atoms with Crippen LogP contribution in [0.5, 0.6) is 0 Å². The Hall–Kier alpha value is -1.86. The normalized spacial score (nSPS) is 21.1. The fourth-order valence-corrected chi connectivity index (χ4v) is 3.26. The summed E-state index contributed by atoms with van der Waals surface area (Å²) in [5.74, 6) is 1.48. The second kappa shape index (κ2) is 4.57. The minimum Gasteiger partial charge on any atom is -0.325 e. The number of aryl methyl sites for hydroxylation is 1. The summed E-state index contributed by atoms with van der Waals surface area (Å²) in [6, 6.07) is 11.4. The van der Waals surface area contributed by atoms with Gasteiger partial charge in [0, 0.05) is 6.04 Å². The molecule has 4 rings (SSSR count). The summed E-state index contributed by atoms with van der Waals surface area (Å²) in [4.78, 5) is 4.63. The number of benzene rings is 1. The smallest absolute Gasteiger partial charge is 0.127 e. The molecule has 2 fully saturated rings. The highest BCUT2D eigenvalue weighted by Crippen LogP contribution is 2.42. The molecule has 1 heterocycles. The Bertz CT molecular complexity index is 718. The molecule has 2 aromatic rings. The molecule has 0 bridgehead atoms. The number of nitrogens with one attached hydrogen (secondary N) is 1. The van der Waals surface area contributed by atoms with Crippen molar-refractivity contribution in [1.29, 1.82) is 5.26 Å². The lowest BCUT2D eigenvalue weighted by Crippen LogP contribution is -2.50. The third-order valence-corrected chi connectivity index (χ3v) is 4.77. The van der Waals surface area contributed by atoms with Crippen LogP contribution < -0.4 is 5.32 Å². The number of imidazole rings is 1. The summed E-state index contributed by atoms with van der Waals surface area (Å²) in [7, 11) is 0. The molecule has 1 unspecified atom stereocenters. The van der Waals surface area contributed by atoms with E-state index in [2.05, 4.69) is 27.0 Å². The van der Waals surface area contributed by atoms with Gasteiger partial charge in [-0.05, 0) is 50.7 Å². The minimum atomic E-state index is -0.421. The zero-order valence-corrected chi connectivity index (χ0v) is 12.3. The van der Waals surface area contributed by atoms with E-state index in [0.717, 1.165) is 16.9 Å². The number of nitriles is 1. The molecule has 2 saturated carbocycles. The second-order valence-electron chi connectivity index (χ2n) is 6.51. The molecule has 21 heavy (non-hydrogen) atoms. The van der Waals surface area contributed by atoms with Crippen LogP contribution >= 0.6 is 0 Å². The van der Waals surface area contributed by atoms with Crippen LogP contribution in [-0.4, -0.2) is 21.1 Å². The average Bonchev–Trinajstić information content (AvgIpc) is 3.38. The van der Waals surface area contributed by atoms with Gasteiger partial charge < -0.3 is 4.57 Å². The van der Waals surface area contributed by atoms with Gasteiger partial charge >= 0.3 is 0 Å². The first-order chi connectivity index (χ1) is 10.2. The summed E-state index contributed by atoms with van der Waals surface area (Å²) in [5.41, 5.74) is 1.73. The van der Waals surface area contributed by atoms with E-state index in [-0.39, 0.29) is 0 Å². The van der Waals surface area contributed by atoms with Gasteiger partial charge in [-0.15, -0.1) is 0 Å². The number of nitrogens with zero attached hydrogens (tertiary/aromatic N) is 3. The number of aromatic nitrogens is 2. The summed E-state index contributed by atoms with van der Waals surface area (Å²) in [6.07, 6.45) is 4.75. The molecule has 4 heteroatoms. The summed E-state index contributed by atoms with van der Waals surface area (Å²) >= 11 is 0. The lowest BCUT2D eigenvalue weighted by atomic mass is 9.94. The van der Waals surface area contributed by atoms with Gasteiger partial charge in [0.25, 0.3) is 0 Å². The molecule has 1 atom stereocenters. The van der Waals surface area contributed by atoms with Gasteiger partial charge in [-0.25, -0.2) is 4.98 Å². The molecule has 4 nitrogen and oxygen atoms in total. The average molecular weight is 280 g/mol. The van der Waals surface area contributed by atoms with Crippen LogP contribution in [0.1, 0.15) is 31.5 Å². The van der Waals surface area contributed by atoms with Crippen LogP contribution in [0.3, 0.4) is 0 Å².